The number of carbonyl (C=O) groups is 1. The minimum atomic E-state index is -1.19. The Balaban J connectivity index is 1.95. The summed E-state index contributed by atoms with van der Waals surface area (Å²) in [6.07, 6.45) is 3.94. The van der Waals surface area contributed by atoms with Gasteiger partial charge in [-0.25, -0.2) is 0 Å². The van der Waals surface area contributed by atoms with E-state index in [0.29, 0.717) is 19.3 Å². The summed E-state index contributed by atoms with van der Waals surface area (Å²) in [7, 11) is 0. The van der Waals surface area contributed by atoms with E-state index in [1.54, 1.807) is 0 Å². The van der Waals surface area contributed by atoms with Gasteiger partial charge in [-0.1, -0.05) is 23.2 Å². The van der Waals surface area contributed by atoms with E-state index in [0.717, 1.165) is 19.1 Å². The second-order valence-electron chi connectivity index (χ2n) is 6.77. The van der Waals surface area contributed by atoms with Gasteiger partial charge in [-0.15, -0.1) is 46.4 Å². The van der Waals surface area contributed by atoms with Crippen molar-refractivity contribution in [2.24, 2.45) is 11.3 Å². The van der Waals surface area contributed by atoms with Gasteiger partial charge in [0.05, 0.1) is 20.0 Å². The number of fused-ring (bicyclic) bond motifs is 6. The van der Waals surface area contributed by atoms with Crippen molar-refractivity contribution < 1.29 is 4.79 Å². The van der Waals surface area contributed by atoms with E-state index < -0.39 is 29.2 Å². The van der Waals surface area contributed by atoms with Crippen molar-refractivity contribution in [1.29, 1.82) is 0 Å². The van der Waals surface area contributed by atoms with Gasteiger partial charge in [-0.05, 0) is 32.1 Å². The summed E-state index contributed by atoms with van der Waals surface area (Å²) in [6, 6.07) is 0. The molecule has 1 nitrogen and oxygen atoms in total. The first-order chi connectivity index (χ1) is 9.06. The zero-order chi connectivity index (χ0) is 14.8. The molecular formula is C13H12Cl6O. The highest BCUT2D eigenvalue weighted by atomic mass is 35.5. The van der Waals surface area contributed by atoms with Crippen LogP contribution in [0.1, 0.15) is 32.1 Å². The number of alkyl halides is 6. The molecule has 20 heavy (non-hydrogen) atoms. The molecule has 0 N–H and O–H groups in total. The van der Waals surface area contributed by atoms with Gasteiger partial charge in [-0.2, -0.15) is 0 Å². The average Bonchev–Trinajstić information content (AvgIpc) is 3.17. The topological polar surface area (TPSA) is 17.1 Å². The van der Waals surface area contributed by atoms with Crippen molar-refractivity contribution >= 4 is 75.9 Å². The largest absolute Gasteiger partial charge is 0.303 e. The second-order valence-corrected chi connectivity index (χ2v) is 10.8. The molecule has 0 aromatic carbocycles. The third kappa shape index (κ3) is 1.13. The second kappa shape index (κ2) is 3.57. The normalized spacial score (nSPS) is 65.6. The lowest BCUT2D eigenvalue weighted by Gasteiger charge is -2.56. The molecule has 0 aromatic rings. The average molecular weight is 397 g/mol. The van der Waals surface area contributed by atoms with Crippen molar-refractivity contribution in [3.63, 3.8) is 0 Å². The van der Waals surface area contributed by atoms with Crippen molar-refractivity contribution in [3.8, 4) is 0 Å². The molecule has 6 unspecified atom stereocenters. The van der Waals surface area contributed by atoms with Crippen LogP contribution in [0.4, 0.5) is 0 Å². The third-order valence-corrected chi connectivity index (χ3v) is 10.7. The Morgan fingerprint density at radius 3 is 2.20 bits per heavy atom. The van der Waals surface area contributed by atoms with Crippen molar-refractivity contribution in [2.75, 3.05) is 0 Å². The SMILES string of the molecule is O=CC12CC1(Cl)C1CCCC(Cl)(Cl)C1(Cl)C1(Cl)CC12Cl. The molecule has 112 valence electrons. The van der Waals surface area contributed by atoms with Gasteiger partial charge < -0.3 is 4.79 Å². The zero-order valence-electron chi connectivity index (χ0n) is 10.4. The van der Waals surface area contributed by atoms with Crippen molar-refractivity contribution in [3.05, 3.63) is 0 Å². The van der Waals surface area contributed by atoms with Crippen LogP contribution in [0.2, 0.25) is 0 Å². The minimum Gasteiger partial charge on any atom is -0.303 e. The van der Waals surface area contributed by atoms with E-state index in [9.17, 15) is 4.79 Å². The predicted octanol–water partition coefficient (Wildman–Crippen LogP) is 4.88. The number of hydrogen-bond acceptors (Lipinski definition) is 1. The third-order valence-electron chi connectivity index (χ3n) is 6.18. The number of rotatable bonds is 1. The standard InChI is InChI=1S/C13H12Cl6O/c14-9-4-8(9,6-20)10(15)5-11(10,16)13(19)7(9)2-1-3-12(13,17)18/h6-7H,1-5H2. The maximum absolute atomic E-state index is 11.7. The molecule has 4 aliphatic rings. The summed E-state index contributed by atoms with van der Waals surface area (Å²) < 4.78 is -1.19. The Morgan fingerprint density at radius 2 is 1.60 bits per heavy atom. The fourth-order valence-electron chi connectivity index (χ4n) is 4.99. The van der Waals surface area contributed by atoms with Crippen LogP contribution in [0.5, 0.6) is 0 Å². The van der Waals surface area contributed by atoms with Gasteiger partial charge in [0.2, 0.25) is 0 Å². The molecule has 0 radical (unpaired) electrons. The van der Waals surface area contributed by atoms with Gasteiger partial charge in [0.1, 0.15) is 15.5 Å². The molecule has 0 saturated heterocycles. The molecule has 0 bridgehead atoms. The number of hydrogen-bond donors (Lipinski definition) is 0. The molecule has 4 fully saturated rings. The Kier molecular flexibility index (Phi) is 2.67. The molecular weight excluding hydrogens is 385 g/mol. The van der Waals surface area contributed by atoms with Gasteiger partial charge in [0.25, 0.3) is 0 Å². The quantitative estimate of drug-likeness (QED) is 0.456. The van der Waals surface area contributed by atoms with Crippen molar-refractivity contribution in [1.82, 2.24) is 0 Å². The van der Waals surface area contributed by atoms with Crippen LogP contribution in [-0.4, -0.2) is 30.1 Å². The summed E-state index contributed by atoms with van der Waals surface area (Å²) in [6.45, 7) is 0. The number of carbonyl (C=O) groups excluding carboxylic acids is 1. The van der Waals surface area contributed by atoms with Crippen LogP contribution in [0.3, 0.4) is 0 Å². The lowest BCUT2D eigenvalue weighted by Crippen LogP contribution is -2.67. The van der Waals surface area contributed by atoms with Crippen LogP contribution in [0.25, 0.3) is 0 Å². The van der Waals surface area contributed by atoms with Gasteiger partial charge in [0.15, 0.2) is 0 Å². The van der Waals surface area contributed by atoms with Crippen molar-refractivity contribution in [2.45, 2.75) is 55.9 Å². The molecule has 4 aliphatic carbocycles. The summed E-state index contributed by atoms with van der Waals surface area (Å²) in [5.41, 5.74) is -0.797. The Morgan fingerprint density at radius 1 is 0.950 bits per heavy atom. The lowest BCUT2D eigenvalue weighted by atomic mass is 9.65. The summed E-state index contributed by atoms with van der Waals surface area (Å²) in [4.78, 5) is 7.94. The van der Waals surface area contributed by atoms with Gasteiger partial charge in [-0.3, -0.25) is 0 Å². The lowest BCUT2D eigenvalue weighted by molar-refractivity contribution is -0.113. The highest BCUT2D eigenvalue weighted by molar-refractivity contribution is 6.58. The van der Waals surface area contributed by atoms with Gasteiger partial charge in [0, 0.05) is 5.92 Å². The number of halogens is 6. The van der Waals surface area contributed by atoms with Crippen LogP contribution >= 0.6 is 69.6 Å². The first-order valence-corrected chi connectivity index (χ1v) is 8.93. The number of aldehydes is 1. The fourth-order valence-corrected chi connectivity index (χ4v) is 8.76. The van der Waals surface area contributed by atoms with Crippen LogP contribution < -0.4 is 0 Å². The predicted molar refractivity (Wildman–Crippen MR) is 83.8 cm³/mol. The molecule has 0 aliphatic heterocycles. The summed E-state index contributed by atoms with van der Waals surface area (Å²) >= 11 is 40.3. The highest BCUT2D eigenvalue weighted by Gasteiger charge is 2.99. The molecule has 6 atom stereocenters. The molecule has 4 rings (SSSR count). The van der Waals surface area contributed by atoms with E-state index in [4.69, 9.17) is 69.6 Å². The summed E-state index contributed by atoms with van der Waals surface area (Å²) in [5, 5.41) is 0. The Labute approximate surface area is 147 Å². The first kappa shape index (κ1) is 15.0. The van der Waals surface area contributed by atoms with E-state index in [2.05, 4.69) is 0 Å². The smallest absolute Gasteiger partial charge is 0.139 e. The van der Waals surface area contributed by atoms with Gasteiger partial charge >= 0.3 is 0 Å². The van der Waals surface area contributed by atoms with E-state index in [1.807, 2.05) is 0 Å². The fraction of sp³-hybridized carbons (Fsp3) is 0.923. The maximum atomic E-state index is 11.7. The van der Waals surface area contributed by atoms with E-state index in [-0.39, 0.29) is 5.92 Å². The molecule has 0 spiro atoms. The maximum Gasteiger partial charge on any atom is 0.139 e. The van der Waals surface area contributed by atoms with Crippen LogP contribution in [0.15, 0.2) is 0 Å². The summed E-state index contributed by atoms with van der Waals surface area (Å²) in [5.74, 6) is -0.209. The molecule has 0 heterocycles. The Bertz CT molecular complexity index is 539. The Hall–Kier alpha value is 1.41. The van der Waals surface area contributed by atoms with E-state index >= 15 is 0 Å². The molecule has 0 aromatic heterocycles. The minimum absolute atomic E-state index is 0.209. The molecule has 7 heteroatoms. The monoisotopic (exact) mass is 394 g/mol. The molecule has 4 saturated carbocycles. The highest BCUT2D eigenvalue weighted by Crippen LogP contribution is 2.91. The zero-order valence-corrected chi connectivity index (χ0v) is 14.9. The van der Waals surface area contributed by atoms with E-state index in [1.165, 1.54) is 0 Å². The first-order valence-electron chi connectivity index (χ1n) is 6.66. The molecule has 0 amide bonds. The van der Waals surface area contributed by atoms with Crippen LogP contribution in [0, 0.1) is 11.3 Å². The van der Waals surface area contributed by atoms with Crippen LogP contribution in [-0.2, 0) is 4.79 Å².